The summed E-state index contributed by atoms with van der Waals surface area (Å²) >= 11 is 0. The molecule has 0 N–H and O–H groups in total. The van der Waals surface area contributed by atoms with Crippen LogP contribution in [0, 0.1) is 12.3 Å². The minimum atomic E-state index is -2.67. The molecule has 0 saturated carbocycles. The lowest BCUT2D eigenvalue weighted by atomic mass is 10.1. The fourth-order valence-corrected chi connectivity index (χ4v) is 1.54. The largest absolute Gasteiger partial charge is 0.345 e. The van der Waals surface area contributed by atoms with Crippen molar-refractivity contribution in [3.05, 3.63) is 0 Å². The molecule has 13 heavy (non-hydrogen) atoms. The molecule has 0 amide bonds. The van der Waals surface area contributed by atoms with Crippen molar-refractivity contribution in [3.63, 3.8) is 0 Å². The lowest BCUT2D eigenvalue weighted by Gasteiger charge is -2.30. The Bertz CT molecular complexity index is 191. The summed E-state index contributed by atoms with van der Waals surface area (Å²) in [6, 6.07) is 0. The Morgan fingerprint density at radius 3 is 3.00 bits per heavy atom. The van der Waals surface area contributed by atoms with Gasteiger partial charge >= 0.3 is 6.61 Å². The molecule has 1 aliphatic heterocycles. The molecule has 1 unspecified atom stereocenters. The van der Waals surface area contributed by atoms with Crippen LogP contribution in [-0.4, -0.2) is 37.2 Å². The van der Waals surface area contributed by atoms with Gasteiger partial charge in [0.2, 0.25) is 0 Å². The number of terminal acetylenes is 1. The number of alkyl halides is 2. The zero-order chi connectivity index (χ0) is 9.68. The summed E-state index contributed by atoms with van der Waals surface area (Å²) in [6.07, 6.45) is 6.34. The van der Waals surface area contributed by atoms with Gasteiger partial charge in [-0.25, -0.2) is 0 Å². The predicted octanol–water partition coefficient (Wildman–Crippen LogP) is 1.32. The third-order valence-corrected chi connectivity index (χ3v) is 2.07. The molecule has 1 saturated heterocycles. The first-order chi connectivity index (χ1) is 6.22. The summed E-state index contributed by atoms with van der Waals surface area (Å²) in [4.78, 5) is 1.95. The number of hydrogen-bond donors (Lipinski definition) is 0. The number of likely N-dealkylation sites (tertiary alicyclic amines) is 1. The maximum absolute atomic E-state index is 11.9. The molecule has 4 heteroatoms. The minimum Gasteiger partial charge on any atom is -0.318 e. The fourth-order valence-electron chi connectivity index (χ4n) is 1.54. The summed E-state index contributed by atoms with van der Waals surface area (Å²) in [5.74, 6) is 2.49. The number of ether oxygens (including phenoxy) is 1. The first-order valence-electron chi connectivity index (χ1n) is 4.32. The lowest BCUT2D eigenvalue weighted by molar-refractivity contribution is -0.173. The van der Waals surface area contributed by atoms with Crippen molar-refractivity contribution in [1.82, 2.24) is 4.90 Å². The van der Waals surface area contributed by atoms with Gasteiger partial charge in [-0.15, -0.1) is 6.42 Å². The highest BCUT2D eigenvalue weighted by molar-refractivity contribution is 4.90. The minimum absolute atomic E-state index is 0.359. The Morgan fingerprint density at radius 2 is 2.38 bits per heavy atom. The average molecular weight is 189 g/mol. The van der Waals surface area contributed by atoms with Crippen LogP contribution in [0.4, 0.5) is 8.78 Å². The first-order valence-corrected chi connectivity index (χ1v) is 4.32. The van der Waals surface area contributed by atoms with E-state index in [2.05, 4.69) is 10.7 Å². The van der Waals surface area contributed by atoms with Gasteiger partial charge in [0.1, 0.15) is 0 Å². The van der Waals surface area contributed by atoms with Crippen LogP contribution in [0.2, 0.25) is 0 Å². The number of hydrogen-bond acceptors (Lipinski definition) is 2. The molecule has 1 aliphatic rings. The van der Waals surface area contributed by atoms with E-state index in [1.54, 1.807) is 0 Å². The Morgan fingerprint density at radius 1 is 1.62 bits per heavy atom. The Kier molecular flexibility index (Phi) is 4.13. The highest BCUT2D eigenvalue weighted by Crippen LogP contribution is 2.15. The average Bonchev–Trinajstić information content (AvgIpc) is 2.04. The fraction of sp³-hybridized carbons (Fsp3) is 0.778. The number of rotatable bonds is 3. The van der Waals surface area contributed by atoms with Crippen LogP contribution in [0.3, 0.4) is 0 Å². The van der Waals surface area contributed by atoms with Crippen LogP contribution < -0.4 is 0 Å². The predicted molar refractivity (Wildman–Crippen MR) is 45.4 cm³/mol. The first kappa shape index (κ1) is 10.4. The van der Waals surface area contributed by atoms with Crippen molar-refractivity contribution >= 4 is 0 Å². The van der Waals surface area contributed by atoms with Gasteiger partial charge in [-0.2, -0.15) is 8.78 Å². The van der Waals surface area contributed by atoms with Gasteiger partial charge in [0.05, 0.1) is 12.6 Å². The van der Waals surface area contributed by atoms with Crippen molar-refractivity contribution in [3.8, 4) is 12.3 Å². The number of piperidine rings is 1. The van der Waals surface area contributed by atoms with Gasteiger partial charge in [0.15, 0.2) is 0 Å². The van der Waals surface area contributed by atoms with E-state index in [4.69, 9.17) is 6.42 Å². The number of nitrogens with zero attached hydrogens (tertiary/aromatic N) is 1. The molecule has 1 heterocycles. The smallest absolute Gasteiger partial charge is 0.318 e. The van der Waals surface area contributed by atoms with Crippen LogP contribution in [0.15, 0.2) is 0 Å². The summed E-state index contributed by atoms with van der Waals surface area (Å²) in [5.41, 5.74) is 0. The van der Waals surface area contributed by atoms with E-state index in [0.717, 1.165) is 13.0 Å². The van der Waals surface area contributed by atoms with E-state index in [1.165, 1.54) is 0 Å². The quantitative estimate of drug-likeness (QED) is 0.621. The number of halogens is 2. The van der Waals surface area contributed by atoms with E-state index in [-0.39, 0.29) is 6.10 Å². The van der Waals surface area contributed by atoms with E-state index >= 15 is 0 Å². The lowest BCUT2D eigenvalue weighted by Crippen LogP contribution is -2.40. The molecule has 0 aliphatic carbocycles. The van der Waals surface area contributed by atoms with Crippen LogP contribution in [0.1, 0.15) is 12.8 Å². The molecule has 0 radical (unpaired) electrons. The monoisotopic (exact) mass is 189 g/mol. The molecular formula is C9H13F2NO. The second-order valence-corrected chi connectivity index (χ2v) is 3.10. The van der Waals surface area contributed by atoms with Crippen LogP contribution in [-0.2, 0) is 4.74 Å². The van der Waals surface area contributed by atoms with E-state index in [0.29, 0.717) is 19.5 Å². The topological polar surface area (TPSA) is 12.5 Å². The molecule has 1 atom stereocenters. The molecule has 0 bridgehead atoms. The summed E-state index contributed by atoms with van der Waals surface area (Å²) in [6.45, 7) is -0.749. The maximum atomic E-state index is 11.9. The molecule has 74 valence electrons. The second-order valence-electron chi connectivity index (χ2n) is 3.10. The van der Waals surface area contributed by atoms with Gasteiger partial charge in [0.25, 0.3) is 0 Å². The Hall–Kier alpha value is -0.660. The summed E-state index contributed by atoms with van der Waals surface area (Å²) < 4.78 is 28.1. The van der Waals surface area contributed by atoms with Crippen LogP contribution in [0.5, 0.6) is 0 Å². The molecule has 0 aromatic heterocycles. The van der Waals surface area contributed by atoms with Crippen LogP contribution in [0.25, 0.3) is 0 Å². The van der Waals surface area contributed by atoms with Gasteiger partial charge in [-0.3, -0.25) is 4.90 Å². The zero-order valence-electron chi connectivity index (χ0n) is 7.38. The molecule has 0 spiro atoms. The van der Waals surface area contributed by atoms with Crippen molar-refractivity contribution in [1.29, 1.82) is 0 Å². The van der Waals surface area contributed by atoms with E-state index in [1.807, 2.05) is 4.90 Å². The SMILES string of the molecule is C#CCN1CCCC(OC(F)F)C1. The normalized spacial score (nSPS) is 24.6. The summed E-state index contributed by atoms with van der Waals surface area (Å²) in [7, 11) is 0. The zero-order valence-corrected chi connectivity index (χ0v) is 7.38. The maximum Gasteiger partial charge on any atom is 0.345 e. The molecule has 2 nitrogen and oxygen atoms in total. The van der Waals surface area contributed by atoms with Crippen molar-refractivity contribution in [2.75, 3.05) is 19.6 Å². The highest BCUT2D eigenvalue weighted by Gasteiger charge is 2.22. The van der Waals surface area contributed by atoms with Gasteiger partial charge in [-0.05, 0) is 19.4 Å². The molecule has 0 aromatic rings. The Labute approximate surface area is 76.9 Å². The van der Waals surface area contributed by atoms with Crippen LogP contribution >= 0.6 is 0 Å². The van der Waals surface area contributed by atoms with Gasteiger partial charge < -0.3 is 4.74 Å². The highest BCUT2D eigenvalue weighted by atomic mass is 19.3. The molecule has 1 fully saturated rings. The standard InChI is InChI=1S/C9H13F2NO/c1-2-5-12-6-3-4-8(7-12)13-9(10)11/h1,8-9H,3-7H2. The van der Waals surface area contributed by atoms with Crippen molar-refractivity contribution < 1.29 is 13.5 Å². The van der Waals surface area contributed by atoms with E-state index < -0.39 is 6.61 Å². The third-order valence-electron chi connectivity index (χ3n) is 2.07. The van der Waals surface area contributed by atoms with Crippen molar-refractivity contribution in [2.45, 2.75) is 25.6 Å². The molecule has 1 rings (SSSR count). The van der Waals surface area contributed by atoms with Gasteiger partial charge in [0, 0.05) is 6.54 Å². The van der Waals surface area contributed by atoms with Gasteiger partial charge in [-0.1, -0.05) is 5.92 Å². The van der Waals surface area contributed by atoms with E-state index in [9.17, 15) is 8.78 Å². The Balaban J connectivity index is 2.29. The second kappa shape index (κ2) is 5.15. The summed E-state index contributed by atoms with van der Waals surface area (Å²) in [5, 5.41) is 0. The van der Waals surface area contributed by atoms with Crippen molar-refractivity contribution in [2.24, 2.45) is 0 Å². The molecule has 0 aromatic carbocycles. The molecular weight excluding hydrogens is 176 g/mol. The third kappa shape index (κ3) is 3.71.